The molecule has 3 heteroatoms. The molecule has 1 aromatic heterocycles. The molecule has 0 bridgehead atoms. The van der Waals surface area contributed by atoms with Crippen LogP contribution in [-0.4, -0.2) is 9.97 Å². The predicted octanol–water partition coefficient (Wildman–Crippen LogP) is 2.81. The van der Waals surface area contributed by atoms with Crippen molar-refractivity contribution in [1.82, 2.24) is 9.97 Å². The Kier molecular flexibility index (Phi) is 3.15. The molecule has 2 aromatic rings. The van der Waals surface area contributed by atoms with E-state index in [0.29, 0.717) is 11.5 Å². The molecule has 1 heterocycles. The third kappa shape index (κ3) is 2.48. The Morgan fingerprint density at radius 1 is 1.18 bits per heavy atom. The molecule has 2 rings (SSSR count). The summed E-state index contributed by atoms with van der Waals surface area (Å²) in [5, 5.41) is 8.90. The molecule has 0 amide bonds. The van der Waals surface area contributed by atoms with E-state index < -0.39 is 0 Å². The first kappa shape index (κ1) is 11.3. The summed E-state index contributed by atoms with van der Waals surface area (Å²) in [4.78, 5) is 8.45. The van der Waals surface area contributed by atoms with Crippen molar-refractivity contribution in [3.63, 3.8) is 0 Å². The zero-order valence-corrected chi connectivity index (χ0v) is 9.88. The topological polar surface area (TPSA) is 49.6 Å². The number of hydrogen-bond acceptors (Lipinski definition) is 3. The molecule has 0 aliphatic heterocycles. The van der Waals surface area contributed by atoms with Crippen molar-refractivity contribution in [2.24, 2.45) is 0 Å². The number of nitriles is 1. The molecule has 0 aliphatic rings. The predicted molar refractivity (Wildman–Crippen MR) is 65.4 cm³/mol. The van der Waals surface area contributed by atoms with Crippen LogP contribution < -0.4 is 0 Å². The SMILES string of the molecule is Cc1nc(C#N)cc([C@@H](C)c2ccccc2)n1. The van der Waals surface area contributed by atoms with Crippen LogP contribution in [0.5, 0.6) is 0 Å². The lowest BCUT2D eigenvalue weighted by atomic mass is 9.97. The minimum atomic E-state index is 0.171. The zero-order valence-electron chi connectivity index (χ0n) is 9.88. The van der Waals surface area contributed by atoms with E-state index in [9.17, 15) is 0 Å². The van der Waals surface area contributed by atoms with Crippen LogP contribution in [0.25, 0.3) is 0 Å². The Bertz CT molecular complexity index is 555. The van der Waals surface area contributed by atoms with Gasteiger partial charge in [0.1, 0.15) is 17.6 Å². The molecule has 1 aromatic carbocycles. The zero-order chi connectivity index (χ0) is 12.3. The summed E-state index contributed by atoms with van der Waals surface area (Å²) in [7, 11) is 0. The highest BCUT2D eigenvalue weighted by Gasteiger charge is 2.11. The van der Waals surface area contributed by atoms with Crippen LogP contribution in [0.4, 0.5) is 0 Å². The molecule has 3 nitrogen and oxygen atoms in total. The molecule has 1 atom stereocenters. The molecule has 0 saturated carbocycles. The van der Waals surface area contributed by atoms with E-state index >= 15 is 0 Å². The summed E-state index contributed by atoms with van der Waals surface area (Å²) in [6.45, 7) is 3.89. The number of rotatable bonds is 2. The van der Waals surface area contributed by atoms with Gasteiger partial charge in [0.05, 0.1) is 5.69 Å². The van der Waals surface area contributed by atoms with E-state index in [4.69, 9.17) is 5.26 Å². The minimum absolute atomic E-state index is 0.171. The van der Waals surface area contributed by atoms with Crippen molar-refractivity contribution in [2.45, 2.75) is 19.8 Å². The van der Waals surface area contributed by atoms with Gasteiger partial charge in [0.15, 0.2) is 0 Å². The van der Waals surface area contributed by atoms with E-state index in [0.717, 1.165) is 5.69 Å². The van der Waals surface area contributed by atoms with Gasteiger partial charge in [-0.25, -0.2) is 9.97 Å². The Balaban J connectivity index is 2.41. The summed E-state index contributed by atoms with van der Waals surface area (Å²) in [5.41, 5.74) is 2.50. The Morgan fingerprint density at radius 3 is 2.53 bits per heavy atom. The molecule has 84 valence electrons. The maximum Gasteiger partial charge on any atom is 0.144 e. The molecule has 0 saturated heterocycles. The summed E-state index contributed by atoms with van der Waals surface area (Å²) in [5.74, 6) is 0.812. The fourth-order valence-electron chi connectivity index (χ4n) is 1.78. The average Bonchev–Trinajstić information content (AvgIpc) is 2.38. The molecule has 0 N–H and O–H groups in total. The standard InChI is InChI=1S/C14H13N3/c1-10(12-6-4-3-5-7-12)14-8-13(9-15)16-11(2)17-14/h3-8,10H,1-2H3/t10-/m0/s1. The monoisotopic (exact) mass is 223 g/mol. The fraction of sp³-hybridized carbons (Fsp3) is 0.214. The summed E-state index contributed by atoms with van der Waals surface area (Å²) < 4.78 is 0. The van der Waals surface area contributed by atoms with Gasteiger partial charge in [-0.15, -0.1) is 0 Å². The Labute approximate surface area is 101 Å². The normalized spacial score (nSPS) is 11.8. The molecule has 0 spiro atoms. The van der Waals surface area contributed by atoms with E-state index in [-0.39, 0.29) is 5.92 Å². The van der Waals surface area contributed by atoms with Crippen LogP contribution in [0, 0.1) is 18.3 Å². The number of nitrogens with zero attached hydrogens (tertiary/aromatic N) is 3. The number of aryl methyl sites for hydroxylation is 1. The van der Waals surface area contributed by atoms with E-state index in [1.54, 1.807) is 6.07 Å². The van der Waals surface area contributed by atoms with Gasteiger partial charge in [0.25, 0.3) is 0 Å². The van der Waals surface area contributed by atoms with Crippen LogP contribution >= 0.6 is 0 Å². The van der Waals surface area contributed by atoms with Gasteiger partial charge in [-0.05, 0) is 18.6 Å². The first-order chi connectivity index (χ1) is 8.20. The van der Waals surface area contributed by atoms with Crippen molar-refractivity contribution >= 4 is 0 Å². The first-order valence-corrected chi connectivity index (χ1v) is 5.51. The first-order valence-electron chi connectivity index (χ1n) is 5.51. The van der Waals surface area contributed by atoms with Crippen molar-refractivity contribution in [3.8, 4) is 6.07 Å². The second-order valence-corrected chi connectivity index (χ2v) is 3.97. The van der Waals surface area contributed by atoms with E-state index in [2.05, 4.69) is 35.1 Å². The lowest BCUT2D eigenvalue weighted by molar-refractivity contribution is 0.839. The van der Waals surface area contributed by atoms with Gasteiger partial charge in [-0.1, -0.05) is 37.3 Å². The summed E-state index contributed by atoms with van der Waals surface area (Å²) in [6, 6.07) is 13.9. The molecular weight excluding hydrogens is 210 g/mol. The maximum absolute atomic E-state index is 8.90. The lowest BCUT2D eigenvalue weighted by Gasteiger charge is -2.11. The van der Waals surface area contributed by atoms with Gasteiger partial charge < -0.3 is 0 Å². The highest BCUT2D eigenvalue weighted by molar-refractivity contribution is 5.31. The Morgan fingerprint density at radius 2 is 1.88 bits per heavy atom. The highest BCUT2D eigenvalue weighted by atomic mass is 14.9. The van der Waals surface area contributed by atoms with Gasteiger partial charge in [0.2, 0.25) is 0 Å². The van der Waals surface area contributed by atoms with Gasteiger partial charge in [-0.2, -0.15) is 5.26 Å². The quantitative estimate of drug-likeness (QED) is 0.786. The molecule has 0 aliphatic carbocycles. The van der Waals surface area contributed by atoms with E-state index in [1.165, 1.54) is 5.56 Å². The van der Waals surface area contributed by atoms with Crippen LogP contribution in [0.15, 0.2) is 36.4 Å². The second-order valence-electron chi connectivity index (χ2n) is 3.97. The maximum atomic E-state index is 8.90. The van der Waals surface area contributed by atoms with Crippen molar-refractivity contribution in [1.29, 1.82) is 5.26 Å². The van der Waals surface area contributed by atoms with Crippen molar-refractivity contribution < 1.29 is 0 Å². The molecule has 0 radical (unpaired) electrons. The number of aromatic nitrogens is 2. The van der Waals surface area contributed by atoms with Gasteiger partial charge >= 0.3 is 0 Å². The summed E-state index contributed by atoms with van der Waals surface area (Å²) >= 11 is 0. The second kappa shape index (κ2) is 4.75. The fourth-order valence-corrected chi connectivity index (χ4v) is 1.78. The molecule has 0 fully saturated rings. The van der Waals surface area contributed by atoms with Crippen LogP contribution in [0.3, 0.4) is 0 Å². The van der Waals surface area contributed by atoms with Crippen LogP contribution in [-0.2, 0) is 0 Å². The van der Waals surface area contributed by atoms with Crippen LogP contribution in [0.2, 0.25) is 0 Å². The summed E-state index contributed by atoms with van der Waals surface area (Å²) in [6.07, 6.45) is 0. The molecular formula is C14H13N3. The van der Waals surface area contributed by atoms with E-state index in [1.807, 2.05) is 25.1 Å². The lowest BCUT2D eigenvalue weighted by Crippen LogP contribution is -2.03. The van der Waals surface area contributed by atoms with Crippen molar-refractivity contribution in [3.05, 3.63) is 59.2 Å². The van der Waals surface area contributed by atoms with Crippen molar-refractivity contribution in [2.75, 3.05) is 0 Å². The smallest absolute Gasteiger partial charge is 0.144 e. The highest BCUT2D eigenvalue weighted by Crippen LogP contribution is 2.22. The molecule has 17 heavy (non-hydrogen) atoms. The average molecular weight is 223 g/mol. The van der Waals surface area contributed by atoms with Gasteiger partial charge in [-0.3, -0.25) is 0 Å². The Hall–Kier alpha value is -2.21. The van der Waals surface area contributed by atoms with Gasteiger partial charge in [0, 0.05) is 5.92 Å². The third-order valence-electron chi connectivity index (χ3n) is 2.72. The number of benzene rings is 1. The number of hydrogen-bond donors (Lipinski definition) is 0. The van der Waals surface area contributed by atoms with Crippen LogP contribution in [0.1, 0.15) is 35.6 Å². The largest absolute Gasteiger partial charge is 0.238 e. The third-order valence-corrected chi connectivity index (χ3v) is 2.72. The minimum Gasteiger partial charge on any atom is -0.238 e. The molecule has 0 unspecified atom stereocenters.